The van der Waals surface area contributed by atoms with Crippen molar-refractivity contribution in [2.75, 3.05) is 17.3 Å². The van der Waals surface area contributed by atoms with Crippen LogP contribution in [0.25, 0.3) is 0 Å². The van der Waals surface area contributed by atoms with Gasteiger partial charge in [-0.2, -0.15) is 0 Å². The molecule has 1 fully saturated rings. The first kappa shape index (κ1) is 19.0. The maximum Gasteiger partial charge on any atom is 0.329 e. The third kappa shape index (κ3) is 3.33. The van der Waals surface area contributed by atoms with Gasteiger partial charge in [-0.3, -0.25) is 4.79 Å². The SMILES string of the molecule is CN(C(=O)Nc1cccc(N2C(=O)NC(C)(C)C2=O)c1)C1CCc2ccccc21. The molecule has 1 unspecified atom stereocenters. The zero-order valence-electron chi connectivity index (χ0n) is 16.7. The lowest BCUT2D eigenvalue weighted by Gasteiger charge is -2.26. The van der Waals surface area contributed by atoms with E-state index in [1.165, 1.54) is 11.1 Å². The Kier molecular flexibility index (Phi) is 4.53. The van der Waals surface area contributed by atoms with Crippen molar-refractivity contribution in [3.63, 3.8) is 0 Å². The monoisotopic (exact) mass is 392 g/mol. The average molecular weight is 392 g/mol. The summed E-state index contributed by atoms with van der Waals surface area (Å²) in [5.74, 6) is -0.328. The molecular formula is C22H24N4O3. The first-order valence-electron chi connectivity index (χ1n) is 9.66. The molecule has 1 saturated heterocycles. The number of carbonyl (C=O) groups excluding carboxylic acids is 3. The van der Waals surface area contributed by atoms with Crippen LogP contribution in [-0.2, 0) is 11.2 Å². The lowest BCUT2D eigenvalue weighted by atomic mass is 10.1. The number of fused-ring (bicyclic) bond motifs is 1. The zero-order chi connectivity index (χ0) is 20.8. The highest BCUT2D eigenvalue weighted by Gasteiger charge is 2.45. The van der Waals surface area contributed by atoms with Gasteiger partial charge in [0.05, 0.1) is 11.7 Å². The Balaban J connectivity index is 1.51. The summed E-state index contributed by atoms with van der Waals surface area (Å²) in [6, 6.07) is 14.3. The predicted octanol–water partition coefficient (Wildman–Crippen LogP) is 3.67. The predicted molar refractivity (Wildman–Crippen MR) is 111 cm³/mol. The van der Waals surface area contributed by atoms with Crippen LogP contribution in [0.5, 0.6) is 0 Å². The summed E-state index contributed by atoms with van der Waals surface area (Å²) in [6.07, 6.45) is 1.84. The molecule has 1 atom stereocenters. The van der Waals surface area contributed by atoms with Gasteiger partial charge in [-0.15, -0.1) is 0 Å². The maximum atomic E-state index is 12.8. The number of hydrogen-bond acceptors (Lipinski definition) is 3. The smallest absolute Gasteiger partial charge is 0.323 e. The number of aryl methyl sites for hydroxylation is 1. The van der Waals surface area contributed by atoms with Crippen LogP contribution in [0.4, 0.5) is 21.0 Å². The lowest BCUT2D eigenvalue weighted by molar-refractivity contribution is -0.121. The second kappa shape index (κ2) is 6.92. The van der Waals surface area contributed by atoms with Crippen molar-refractivity contribution in [2.45, 2.75) is 38.3 Å². The summed E-state index contributed by atoms with van der Waals surface area (Å²) < 4.78 is 0. The van der Waals surface area contributed by atoms with E-state index in [1.807, 2.05) is 12.1 Å². The number of hydrogen-bond donors (Lipinski definition) is 2. The van der Waals surface area contributed by atoms with Gasteiger partial charge in [0.2, 0.25) is 0 Å². The largest absolute Gasteiger partial charge is 0.329 e. The van der Waals surface area contributed by atoms with Gasteiger partial charge in [-0.05, 0) is 56.0 Å². The number of imide groups is 1. The number of anilines is 2. The van der Waals surface area contributed by atoms with Gasteiger partial charge in [-0.1, -0.05) is 30.3 Å². The molecule has 5 amide bonds. The summed E-state index contributed by atoms with van der Waals surface area (Å²) >= 11 is 0. The third-order valence-corrected chi connectivity index (χ3v) is 5.60. The average Bonchev–Trinajstić information content (AvgIpc) is 3.19. The molecule has 0 bridgehead atoms. The molecule has 0 saturated carbocycles. The quantitative estimate of drug-likeness (QED) is 0.782. The normalized spacial score (nSPS) is 19.7. The third-order valence-electron chi connectivity index (χ3n) is 5.60. The molecular weight excluding hydrogens is 368 g/mol. The molecule has 1 aliphatic heterocycles. The van der Waals surface area contributed by atoms with Crippen LogP contribution in [0.3, 0.4) is 0 Å². The van der Waals surface area contributed by atoms with E-state index in [-0.39, 0.29) is 18.0 Å². The van der Waals surface area contributed by atoms with Gasteiger partial charge in [0, 0.05) is 12.7 Å². The topological polar surface area (TPSA) is 81.8 Å². The van der Waals surface area contributed by atoms with Crippen LogP contribution in [0, 0.1) is 0 Å². The minimum absolute atomic E-state index is 0.0288. The van der Waals surface area contributed by atoms with Gasteiger partial charge in [0.1, 0.15) is 5.54 Å². The molecule has 0 aromatic heterocycles. The van der Waals surface area contributed by atoms with E-state index in [4.69, 9.17) is 0 Å². The van der Waals surface area contributed by atoms with Gasteiger partial charge >= 0.3 is 12.1 Å². The summed E-state index contributed by atoms with van der Waals surface area (Å²) in [5, 5.41) is 5.54. The summed E-state index contributed by atoms with van der Waals surface area (Å²) in [5.41, 5.74) is 2.45. The van der Waals surface area contributed by atoms with Crippen molar-refractivity contribution in [3.8, 4) is 0 Å². The second-order valence-corrected chi connectivity index (χ2v) is 8.04. The Morgan fingerprint density at radius 2 is 1.93 bits per heavy atom. The standard InChI is InChI=1S/C22H24N4O3/c1-22(2)19(27)26(21(29)24-22)16-9-6-8-15(13-16)23-20(28)25(3)18-12-11-14-7-4-5-10-17(14)18/h4-10,13,18H,11-12H2,1-3H3,(H,23,28)(H,24,29). The van der Waals surface area contributed by atoms with Gasteiger partial charge in [0.15, 0.2) is 0 Å². The summed E-state index contributed by atoms with van der Waals surface area (Å²) in [6.45, 7) is 3.32. The number of carbonyl (C=O) groups is 3. The van der Waals surface area contributed by atoms with E-state index in [2.05, 4.69) is 22.8 Å². The lowest BCUT2D eigenvalue weighted by Crippen LogP contribution is -2.40. The molecule has 2 aromatic rings. The molecule has 7 heteroatoms. The highest BCUT2D eigenvalue weighted by atomic mass is 16.2. The molecule has 2 aromatic carbocycles. The summed E-state index contributed by atoms with van der Waals surface area (Å²) in [7, 11) is 1.78. The van der Waals surface area contributed by atoms with Crippen molar-refractivity contribution in [2.24, 2.45) is 0 Å². The Hall–Kier alpha value is -3.35. The number of benzene rings is 2. The van der Waals surface area contributed by atoms with E-state index in [1.54, 1.807) is 50.1 Å². The van der Waals surface area contributed by atoms with Gasteiger partial charge in [0.25, 0.3) is 5.91 Å². The number of rotatable bonds is 3. The number of nitrogens with one attached hydrogen (secondary N) is 2. The van der Waals surface area contributed by atoms with Crippen LogP contribution in [0.1, 0.15) is 37.4 Å². The molecule has 4 rings (SSSR count). The molecule has 0 spiro atoms. The molecule has 0 radical (unpaired) electrons. The number of nitrogens with zero attached hydrogens (tertiary/aromatic N) is 2. The van der Waals surface area contributed by atoms with Crippen LogP contribution in [0.15, 0.2) is 48.5 Å². The molecule has 1 heterocycles. The highest BCUT2D eigenvalue weighted by Crippen LogP contribution is 2.35. The van der Waals surface area contributed by atoms with E-state index in [9.17, 15) is 14.4 Å². The Bertz CT molecular complexity index is 1000. The molecule has 150 valence electrons. The fraction of sp³-hybridized carbons (Fsp3) is 0.318. The Morgan fingerprint density at radius 3 is 2.66 bits per heavy atom. The van der Waals surface area contributed by atoms with Crippen molar-refractivity contribution < 1.29 is 14.4 Å². The number of urea groups is 2. The van der Waals surface area contributed by atoms with Crippen LogP contribution >= 0.6 is 0 Å². The Morgan fingerprint density at radius 1 is 1.17 bits per heavy atom. The van der Waals surface area contributed by atoms with Crippen molar-refractivity contribution in [3.05, 3.63) is 59.7 Å². The maximum absolute atomic E-state index is 12.8. The van der Waals surface area contributed by atoms with E-state index in [0.29, 0.717) is 11.4 Å². The second-order valence-electron chi connectivity index (χ2n) is 8.04. The van der Waals surface area contributed by atoms with E-state index in [0.717, 1.165) is 17.7 Å². The first-order valence-corrected chi connectivity index (χ1v) is 9.66. The minimum Gasteiger partial charge on any atom is -0.323 e. The highest BCUT2D eigenvalue weighted by molar-refractivity contribution is 6.23. The van der Waals surface area contributed by atoms with Gasteiger partial charge < -0.3 is 15.5 Å². The van der Waals surface area contributed by atoms with E-state index >= 15 is 0 Å². The van der Waals surface area contributed by atoms with Gasteiger partial charge in [-0.25, -0.2) is 14.5 Å². The molecule has 29 heavy (non-hydrogen) atoms. The molecule has 2 N–H and O–H groups in total. The zero-order valence-corrected chi connectivity index (χ0v) is 16.7. The van der Waals surface area contributed by atoms with Crippen molar-refractivity contribution >= 4 is 29.3 Å². The van der Waals surface area contributed by atoms with Crippen molar-refractivity contribution in [1.29, 1.82) is 0 Å². The molecule has 1 aliphatic carbocycles. The first-order chi connectivity index (χ1) is 13.8. The van der Waals surface area contributed by atoms with Crippen LogP contribution in [0.2, 0.25) is 0 Å². The van der Waals surface area contributed by atoms with Crippen LogP contribution in [-0.4, -0.2) is 35.5 Å². The summed E-state index contributed by atoms with van der Waals surface area (Å²) in [4.78, 5) is 40.4. The fourth-order valence-corrected chi connectivity index (χ4v) is 4.00. The fourth-order valence-electron chi connectivity index (χ4n) is 4.00. The minimum atomic E-state index is -0.952. The van der Waals surface area contributed by atoms with Crippen LogP contribution < -0.4 is 15.5 Å². The van der Waals surface area contributed by atoms with Crippen molar-refractivity contribution in [1.82, 2.24) is 10.2 Å². The molecule has 7 nitrogen and oxygen atoms in total. The van der Waals surface area contributed by atoms with E-state index < -0.39 is 11.6 Å². The number of amides is 5. The molecule has 2 aliphatic rings. The Labute approximate surface area is 169 Å².